The number of imide groups is 1. The van der Waals surface area contributed by atoms with Gasteiger partial charge in [-0.25, -0.2) is 4.90 Å². The highest BCUT2D eigenvalue weighted by Gasteiger charge is 2.63. The van der Waals surface area contributed by atoms with Crippen LogP contribution in [0.2, 0.25) is 5.02 Å². The Morgan fingerprint density at radius 3 is 2.46 bits per heavy atom. The highest BCUT2D eigenvalue weighted by molar-refractivity contribution is 6.31. The molecule has 134 valence electrons. The summed E-state index contributed by atoms with van der Waals surface area (Å²) in [4.78, 5) is 27.0. The smallest absolute Gasteiger partial charge is 0.241 e. The molecular formula is C19H18ClN3O3. The zero-order chi connectivity index (χ0) is 18.0. The first kappa shape index (κ1) is 16.0. The molecule has 2 aromatic rings. The number of halogens is 1. The molecule has 0 spiro atoms. The minimum atomic E-state index is -0.338. The molecule has 0 saturated carbocycles. The first-order chi connectivity index (χ1) is 12.5. The quantitative estimate of drug-likeness (QED) is 0.778. The number of carbonyl (C=O) groups excluding carboxylic acids is 2. The van der Waals surface area contributed by atoms with Crippen molar-refractivity contribution in [3.05, 3.63) is 46.6 Å². The van der Waals surface area contributed by atoms with Crippen molar-refractivity contribution in [2.75, 3.05) is 4.90 Å². The highest BCUT2D eigenvalue weighted by atomic mass is 35.5. The molecule has 0 radical (unpaired) electrons. The van der Waals surface area contributed by atoms with Gasteiger partial charge in [0.25, 0.3) is 0 Å². The summed E-state index contributed by atoms with van der Waals surface area (Å²) in [6, 6.07) is 9.36. The topological polar surface area (TPSA) is 64.4 Å². The van der Waals surface area contributed by atoms with E-state index in [0.717, 1.165) is 24.1 Å². The zero-order valence-corrected chi connectivity index (χ0v) is 15.0. The molecule has 26 heavy (non-hydrogen) atoms. The number of anilines is 1. The van der Waals surface area contributed by atoms with Gasteiger partial charge in [0.2, 0.25) is 11.8 Å². The first-order valence-electron chi connectivity index (χ1n) is 8.85. The minimum Gasteiger partial charge on any atom is -0.373 e. The molecule has 2 bridgehead atoms. The van der Waals surface area contributed by atoms with Crippen LogP contribution in [0.3, 0.4) is 0 Å². The van der Waals surface area contributed by atoms with E-state index in [-0.39, 0.29) is 35.9 Å². The molecule has 4 heterocycles. The summed E-state index contributed by atoms with van der Waals surface area (Å²) < 4.78 is 7.55. The molecule has 3 saturated heterocycles. The Kier molecular flexibility index (Phi) is 3.49. The second kappa shape index (κ2) is 5.66. The maximum atomic E-state index is 12.9. The van der Waals surface area contributed by atoms with E-state index in [1.165, 1.54) is 4.90 Å². The van der Waals surface area contributed by atoms with Crippen molar-refractivity contribution in [1.29, 1.82) is 0 Å². The molecule has 0 N–H and O–H groups in total. The summed E-state index contributed by atoms with van der Waals surface area (Å²) in [7, 11) is 0. The van der Waals surface area contributed by atoms with Gasteiger partial charge >= 0.3 is 0 Å². The SMILES string of the molecule is Cc1cc(N2C(=O)C3C4CCC(O4)C3C2=O)nn1Cc1ccccc1Cl. The van der Waals surface area contributed by atoms with Crippen molar-refractivity contribution in [3.8, 4) is 0 Å². The third kappa shape index (κ3) is 2.18. The molecular weight excluding hydrogens is 354 g/mol. The standard InChI is InChI=1S/C19H18ClN3O3/c1-10-8-15(21-22(10)9-11-4-2-3-5-12(11)20)23-18(24)16-13-6-7-14(26-13)17(16)19(23)25/h2-5,8,13-14,16-17H,6-7,9H2,1H3. The average molecular weight is 372 g/mol. The van der Waals surface area contributed by atoms with E-state index in [9.17, 15) is 9.59 Å². The summed E-state index contributed by atoms with van der Waals surface area (Å²) in [5.74, 6) is -0.618. The Morgan fingerprint density at radius 1 is 1.15 bits per heavy atom. The van der Waals surface area contributed by atoms with Crippen LogP contribution in [0.5, 0.6) is 0 Å². The lowest BCUT2D eigenvalue weighted by molar-refractivity contribution is -0.124. The molecule has 5 rings (SSSR count). The Balaban J connectivity index is 1.46. The number of hydrogen-bond acceptors (Lipinski definition) is 4. The molecule has 4 atom stereocenters. The summed E-state index contributed by atoms with van der Waals surface area (Å²) in [5, 5.41) is 5.20. The molecule has 3 fully saturated rings. The van der Waals surface area contributed by atoms with E-state index in [1.807, 2.05) is 31.2 Å². The van der Waals surface area contributed by atoms with Gasteiger partial charge in [-0.3, -0.25) is 14.3 Å². The van der Waals surface area contributed by atoms with Crippen LogP contribution in [0, 0.1) is 18.8 Å². The summed E-state index contributed by atoms with van der Waals surface area (Å²) >= 11 is 6.24. The number of aromatic nitrogens is 2. The van der Waals surface area contributed by atoms with Crippen molar-refractivity contribution in [2.24, 2.45) is 11.8 Å². The number of benzene rings is 1. The third-order valence-electron chi connectivity index (χ3n) is 5.76. The van der Waals surface area contributed by atoms with Crippen molar-refractivity contribution < 1.29 is 14.3 Å². The molecule has 4 unspecified atom stereocenters. The number of hydrogen-bond donors (Lipinski definition) is 0. The van der Waals surface area contributed by atoms with Gasteiger partial charge in [-0.2, -0.15) is 5.10 Å². The molecule has 6 nitrogen and oxygen atoms in total. The largest absolute Gasteiger partial charge is 0.373 e. The number of aryl methyl sites for hydroxylation is 1. The van der Waals surface area contributed by atoms with Gasteiger partial charge in [-0.05, 0) is 31.4 Å². The van der Waals surface area contributed by atoms with Gasteiger partial charge in [-0.1, -0.05) is 29.8 Å². The van der Waals surface area contributed by atoms with Crippen molar-refractivity contribution in [2.45, 2.75) is 38.5 Å². The van der Waals surface area contributed by atoms with E-state index in [0.29, 0.717) is 17.4 Å². The Hall–Kier alpha value is -2.18. The number of fused-ring (bicyclic) bond motifs is 5. The van der Waals surface area contributed by atoms with Crippen LogP contribution in [0.1, 0.15) is 24.1 Å². The molecule has 1 aromatic carbocycles. The number of rotatable bonds is 3. The average Bonchev–Trinajstić information content (AvgIpc) is 3.35. The van der Waals surface area contributed by atoms with Crippen LogP contribution in [-0.2, 0) is 20.9 Å². The van der Waals surface area contributed by atoms with Crippen LogP contribution >= 0.6 is 11.6 Å². The first-order valence-corrected chi connectivity index (χ1v) is 9.23. The van der Waals surface area contributed by atoms with Gasteiger partial charge in [0, 0.05) is 16.8 Å². The second-order valence-corrected chi connectivity index (χ2v) is 7.65. The highest BCUT2D eigenvalue weighted by Crippen LogP contribution is 2.49. The fourth-order valence-corrected chi connectivity index (χ4v) is 4.68. The fraction of sp³-hybridized carbons (Fsp3) is 0.421. The van der Waals surface area contributed by atoms with E-state index in [4.69, 9.17) is 16.3 Å². The van der Waals surface area contributed by atoms with Crippen LogP contribution in [0.4, 0.5) is 5.82 Å². The number of amides is 2. The monoisotopic (exact) mass is 371 g/mol. The third-order valence-corrected chi connectivity index (χ3v) is 6.13. The summed E-state index contributed by atoms with van der Waals surface area (Å²) in [5.41, 5.74) is 1.81. The molecule has 3 aliphatic rings. The van der Waals surface area contributed by atoms with Crippen molar-refractivity contribution in [3.63, 3.8) is 0 Å². The van der Waals surface area contributed by atoms with Crippen LogP contribution in [0.15, 0.2) is 30.3 Å². The molecule has 2 amide bonds. The fourth-order valence-electron chi connectivity index (χ4n) is 4.49. The van der Waals surface area contributed by atoms with Gasteiger partial charge < -0.3 is 4.74 Å². The van der Waals surface area contributed by atoms with Gasteiger partial charge in [0.05, 0.1) is 30.6 Å². The maximum absolute atomic E-state index is 12.9. The predicted octanol–water partition coefficient (Wildman–Crippen LogP) is 2.56. The predicted molar refractivity (Wildman–Crippen MR) is 94.9 cm³/mol. The van der Waals surface area contributed by atoms with E-state index >= 15 is 0 Å². The minimum absolute atomic E-state index is 0.113. The lowest BCUT2D eigenvalue weighted by Crippen LogP contribution is -2.34. The summed E-state index contributed by atoms with van der Waals surface area (Å²) in [6.45, 7) is 2.40. The second-order valence-electron chi connectivity index (χ2n) is 7.25. The molecule has 1 aromatic heterocycles. The van der Waals surface area contributed by atoms with Crippen LogP contribution < -0.4 is 4.90 Å². The normalized spacial score (nSPS) is 29.7. The molecule has 7 heteroatoms. The number of ether oxygens (including phenoxy) is 1. The van der Waals surface area contributed by atoms with Gasteiger partial charge in [-0.15, -0.1) is 0 Å². The lowest BCUT2D eigenvalue weighted by atomic mass is 9.81. The van der Waals surface area contributed by atoms with Crippen LogP contribution in [0.25, 0.3) is 0 Å². The Morgan fingerprint density at radius 2 is 1.81 bits per heavy atom. The Labute approximate surface area is 155 Å². The zero-order valence-electron chi connectivity index (χ0n) is 14.3. The molecule has 0 aliphatic carbocycles. The van der Waals surface area contributed by atoms with Crippen molar-refractivity contribution in [1.82, 2.24) is 9.78 Å². The summed E-state index contributed by atoms with van der Waals surface area (Å²) in [6.07, 6.45) is 1.49. The van der Waals surface area contributed by atoms with E-state index in [2.05, 4.69) is 5.10 Å². The van der Waals surface area contributed by atoms with Crippen molar-refractivity contribution >= 4 is 29.2 Å². The van der Waals surface area contributed by atoms with Gasteiger partial charge in [0.1, 0.15) is 0 Å². The number of nitrogens with zero attached hydrogens (tertiary/aromatic N) is 3. The maximum Gasteiger partial charge on any atom is 0.241 e. The lowest BCUT2D eigenvalue weighted by Gasteiger charge is -2.15. The van der Waals surface area contributed by atoms with Gasteiger partial charge in [0.15, 0.2) is 5.82 Å². The molecule has 3 aliphatic heterocycles. The number of carbonyl (C=O) groups is 2. The Bertz CT molecular complexity index is 897. The van der Waals surface area contributed by atoms with Crippen LogP contribution in [-0.4, -0.2) is 33.8 Å². The van der Waals surface area contributed by atoms with E-state index < -0.39 is 0 Å². The van der Waals surface area contributed by atoms with E-state index in [1.54, 1.807) is 10.7 Å².